The molecule has 0 atom stereocenters. The smallest absolute Gasteiger partial charge is 0.147 e. The average Bonchev–Trinajstić information content (AvgIpc) is 2.18. The van der Waals surface area contributed by atoms with Crippen LogP contribution in [0.1, 0.15) is 33.1 Å². The third-order valence-corrected chi connectivity index (χ3v) is 4.34. The normalized spacial score (nSPS) is 13.1. The Kier molecular flexibility index (Phi) is 6.80. The lowest BCUT2D eigenvalue weighted by Gasteiger charge is -2.30. The minimum Gasteiger partial charge on any atom is -0.310 e. The Labute approximate surface area is 98.5 Å². The molecule has 0 aromatic rings. The molecule has 0 rings (SSSR count). The second-order valence-electron chi connectivity index (χ2n) is 4.03. The Bertz CT molecular complexity index is 252. The van der Waals surface area contributed by atoms with Crippen molar-refractivity contribution in [2.24, 2.45) is 0 Å². The molecule has 0 heterocycles. The molecule has 0 aliphatic heterocycles. The van der Waals surface area contributed by atoms with E-state index in [9.17, 15) is 8.42 Å². The number of alkyl halides is 1. The minimum atomic E-state index is -2.84. The first-order valence-electron chi connectivity index (χ1n) is 5.38. The summed E-state index contributed by atoms with van der Waals surface area (Å²) in [6.45, 7) is 4.90. The molecule has 0 bridgehead atoms. The lowest BCUT2D eigenvalue weighted by atomic mass is 9.95. The van der Waals surface area contributed by atoms with Gasteiger partial charge < -0.3 is 5.32 Å². The van der Waals surface area contributed by atoms with E-state index in [0.717, 1.165) is 12.8 Å². The van der Waals surface area contributed by atoms with E-state index in [1.165, 1.54) is 6.26 Å². The van der Waals surface area contributed by atoms with Crippen LogP contribution in [0.4, 0.5) is 0 Å². The molecule has 0 aliphatic rings. The maximum Gasteiger partial charge on any atom is 0.147 e. The van der Waals surface area contributed by atoms with Crippen LogP contribution in [-0.4, -0.2) is 38.4 Å². The number of sulfone groups is 1. The van der Waals surface area contributed by atoms with Gasteiger partial charge in [-0.1, -0.05) is 13.8 Å². The first kappa shape index (κ1) is 15.2. The molecule has 0 fully saturated rings. The highest BCUT2D eigenvalue weighted by Gasteiger charge is 2.23. The van der Waals surface area contributed by atoms with Crippen LogP contribution in [0.25, 0.3) is 0 Å². The van der Waals surface area contributed by atoms with Gasteiger partial charge in [0.2, 0.25) is 0 Å². The average molecular weight is 256 g/mol. The SMILES string of the molecule is CCC(CC)(CCl)NCCCS(C)(=O)=O. The van der Waals surface area contributed by atoms with E-state index in [0.29, 0.717) is 18.8 Å². The van der Waals surface area contributed by atoms with E-state index >= 15 is 0 Å². The number of hydrogen-bond donors (Lipinski definition) is 1. The van der Waals surface area contributed by atoms with Gasteiger partial charge in [-0.05, 0) is 25.8 Å². The Morgan fingerprint density at radius 3 is 2.13 bits per heavy atom. The topological polar surface area (TPSA) is 46.2 Å². The number of nitrogens with one attached hydrogen (secondary N) is 1. The number of rotatable bonds is 8. The quantitative estimate of drug-likeness (QED) is 0.532. The Hall–Kier alpha value is 0.200. The van der Waals surface area contributed by atoms with Gasteiger partial charge in [-0.3, -0.25) is 0 Å². The van der Waals surface area contributed by atoms with Gasteiger partial charge >= 0.3 is 0 Å². The Morgan fingerprint density at radius 1 is 1.27 bits per heavy atom. The summed E-state index contributed by atoms with van der Waals surface area (Å²) in [6, 6.07) is 0. The first-order valence-corrected chi connectivity index (χ1v) is 7.97. The van der Waals surface area contributed by atoms with Crippen LogP contribution in [0, 0.1) is 0 Å². The number of halogens is 1. The van der Waals surface area contributed by atoms with Crippen molar-refractivity contribution in [2.75, 3.05) is 24.4 Å². The standard InChI is InChI=1S/C10H22ClNO2S/c1-4-10(5-2,9-11)12-7-6-8-15(3,13)14/h12H,4-9H2,1-3H3. The third-order valence-electron chi connectivity index (χ3n) is 2.80. The summed E-state index contributed by atoms with van der Waals surface area (Å²) in [5.41, 5.74) is -0.0287. The van der Waals surface area contributed by atoms with Crippen LogP contribution in [0.3, 0.4) is 0 Å². The predicted molar refractivity (Wildman–Crippen MR) is 66.4 cm³/mol. The van der Waals surface area contributed by atoms with Crippen LogP contribution in [0.2, 0.25) is 0 Å². The second kappa shape index (κ2) is 6.71. The molecule has 92 valence electrons. The molecule has 0 spiro atoms. The lowest BCUT2D eigenvalue weighted by Crippen LogP contribution is -2.46. The zero-order valence-corrected chi connectivity index (χ0v) is 11.4. The molecule has 15 heavy (non-hydrogen) atoms. The number of hydrogen-bond acceptors (Lipinski definition) is 3. The van der Waals surface area contributed by atoms with Crippen LogP contribution in [-0.2, 0) is 9.84 Å². The highest BCUT2D eigenvalue weighted by molar-refractivity contribution is 7.90. The molecule has 0 amide bonds. The molecule has 5 heteroatoms. The van der Waals surface area contributed by atoms with Crippen molar-refractivity contribution >= 4 is 21.4 Å². The Balaban J connectivity index is 3.92. The molecular formula is C10H22ClNO2S. The lowest BCUT2D eigenvalue weighted by molar-refractivity contribution is 0.337. The molecule has 1 N–H and O–H groups in total. The van der Waals surface area contributed by atoms with Crippen LogP contribution in [0.5, 0.6) is 0 Å². The molecule has 0 aromatic heterocycles. The van der Waals surface area contributed by atoms with E-state index in [4.69, 9.17) is 11.6 Å². The van der Waals surface area contributed by atoms with Gasteiger partial charge in [-0.2, -0.15) is 0 Å². The van der Waals surface area contributed by atoms with Crippen LogP contribution >= 0.6 is 11.6 Å². The zero-order chi connectivity index (χ0) is 11.9. The summed E-state index contributed by atoms with van der Waals surface area (Å²) < 4.78 is 21.8. The summed E-state index contributed by atoms with van der Waals surface area (Å²) >= 11 is 5.91. The molecule has 0 unspecified atom stereocenters. The molecule has 0 saturated carbocycles. The summed E-state index contributed by atoms with van der Waals surface area (Å²) in [7, 11) is -2.84. The summed E-state index contributed by atoms with van der Waals surface area (Å²) in [4.78, 5) is 0. The maximum atomic E-state index is 10.9. The van der Waals surface area contributed by atoms with E-state index < -0.39 is 9.84 Å². The van der Waals surface area contributed by atoms with Crippen molar-refractivity contribution < 1.29 is 8.42 Å². The van der Waals surface area contributed by atoms with Crippen molar-refractivity contribution in [3.63, 3.8) is 0 Å². The monoisotopic (exact) mass is 255 g/mol. The van der Waals surface area contributed by atoms with Gasteiger partial charge in [0, 0.05) is 17.7 Å². The molecule has 0 saturated heterocycles. The third kappa shape index (κ3) is 6.38. The van der Waals surface area contributed by atoms with Gasteiger partial charge in [0.25, 0.3) is 0 Å². The molecule has 3 nitrogen and oxygen atoms in total. The van der Waals surface area contributed by atoms with E-state index in [-0.39, 0.29) is 11.3 Å². The summed E-state index contributed by atoms with van der Waals surface area (Å²) in [6.07, 6.45) is 3.84. The summed E-state index contributed by atoms with van der Waals surface area (Å²) in [5.74, 6) is 0.810. The molecule has 0 aliphatic carbocycles. The second-order valence-corrected chi connectivity index (χ2v) is 6.56. The van der Waals surface area contributed by atoms with Crippen molar-refractivity contribution in [1.29, 1.82) is 0 Å². The van der Waals surface area contributed by atoms with Gasteiger partial charge in [0.05, 0.1) is 5.75 Å². The van der Waals surface area contributed by atoms with Crippen molar-refractivity contribution in [1.82, 2.24) is 5.32 Å². The largest absolute Gasteiger partial charge is 0.310 e. The van der Waals surface area contributed by atoms with Crippen molar-refractivity contribution in [3.8, 4) is 0 Å². The van der Waals surface area contributed by atoms with Gasteiger partial charge in [0.15, 0.2) is 0 Å². The Morgan fingerprint density at radius 2 is 1.80 bits per heavy atom. The molecular weight excluding hydrogens is 234 g/mol. The van der Waals surface area contributed by atoms with Crippen molar-refractivity contribution in [3.05, 3.63) is 0 Å². The fourth-order valence-electron chi connectivity index (χ4n) is 1.42. The van der Waals surface area contributed by atoms with Crippen LogP contribution in [0.15, 0.2) is 0 Å². The van der Waals surface area contributed by atoms with Crippen molar-refractivity contribution in [2.45, 2.75) is 38.6 Å². The van der Waals surface area contributed by atoms with E-state index in [1.807, 2.05) is 0 Å². The minimum absolute atomic E-state index is 0.0287. The molecule has 0 radical (unpaired) electrons. The fraction of sp³-hybridized carbons (Fsp3) is 1.00. The van der Waals surface area contributed by atoms with Gasteiger partial charge in [0.1, 0.15) is 9.84 Å². The van der Waals surface area contributed by atoms with Crippen LogP contribution < -0.4 is 5.32 Å². The maximum absolute atomic E-state index is 10.9. The summed E-state index contributed by atoms with van der Waals surface area (Å²) in [5, 5.41) is 3.36. The predicted octanol–water partition coefficient (Wildman–Crippen LogP) is 1.81. The molecule has 0 aromatic carbocycles. The van der Waals surface area contributed by atoms with Gasteiger partial charge in [-0.25, -0.2) is 8.42 Å². The first-order chi connectivity index (χ1) is 6.89. The fourth-order valence-corrected chi connectivity index (χ4v) is 2.57. The highest BCUT2D eigenvalue weighted by atomic mass is 35.5. The van der Waals surface area contributed by atoms with Gasteiger partial charge in [-0.15, -0.1) is 11.6 Å². The zero-order valence-electron chi connectivity index (χ0n) is 9.85. The van der Waals surface area contributed by atoms with E-state index in [2.05, 4.69) is 19.2 Å². The van der Waals surface area contributed by atoms with E-state index in [1.54, 1.807) is 0 Å². The highest BCUT2D eigenvalue weighted by Crippen LogP contribution is 2.16.